The molecule has 0 radical (unpaired) electrons. The van der Waals surface area contributed by atoms with E-state index in [2.05, 4.69) is 24.1 Å². The quantitative estimate of drug-likeness (QED) is 0.395. The zero-order valence-corrected chi connectivity index (χ0v) is 23.8. The molecule has 1 aliphatic heterocycles. The molecule has 2 atom stereocenters. The predicted octanol–water partition coefficient (Wildman–Crippen LogP) is 4.93. The molecule has 1 aliphatic carbocycles. The van der Waals surface area contributed by atoms with Crippen molar-refractivity contribution in [1.29, 1.82) is 5.26 Å². The van der Waals surface area contributed by atoms with Gasteiger partial charge in [-0.3, -0.25) is 24.2 Å². The van der Waals surface area contributed by atoms with Crippen LogP contribution in [0, 0.1) is 22.6 Å². The number of hydrogen-bond donors (Lipinski definition) is 1. The zero-order valence-electron chi connectivity index (χ0n) is 23.8. The summed E-state index contributed by atoms with van der Waals surface area (Å²) in [5.41, 5.74) is 1.67. The van der Waals surface area contributed by atoms with Gasteiger partial charge in [-0.05, 0) is 73.4 Å². The molecular weight excluding hydrogens is 533 g/mol. The molecule has 0 bridgehead atoms. The van der Waals surface area contributed by atoms with E-state index in [4.69, 9.17) is 0 Å². The fraction of sp³-hybridized carbons (Fsp3) is 0.364. The van der Waals surface area contributed by atoms with Gasteiger partial charge in [-0.25, -0.2) is 9.37 Å². The van der Waals surface area contributed by atoms with E-state index >= 15 is 0 Å². The van der Waals surface area contributed by atoms with Crippen LogP contribution in [0.15, 0.2) is 72.9 Å². The first kappa shape index (κ1) is 28.9. The molecule has 1 saturated carbocycles. The zero-order chi connectivity index (χ0) is 29.9. The number of carbonyl (C=O) groups is 3. The van der Waals surface area contributed by atoms with E-state index in [9.17, 15) is 24.0 Å². The number of benzene rings is 2. The van der Waals surface area contributed by atoms with Crippen molar-refractivity contribution in [3.05, 3.63) is 89.9 Å². The van der Waals surface area contributed by atoms with E-state index in [0.717, 1.165) is 18.4 Å². The summed E-state index contributed by atoms with van der Waals surface area (Å²) >= 11 is 0. The van der Waals surface area contributed by atoms with Crippen LogP contribution in [0.25, 0.3) is 0 Å². The average Bonchev–Trinajstić information content (AvgIpc) is 3.35. The molecule has 1 aromatic heterocycles. The number of aryl methyl sites for hydroxylation is 1. The Bertz CT molecular complexity index is 1510. The van der Waals surface area contributed by atoms with Crippen LogP contribution in [0.5, 0.6) is 0 Å². The number of hydrogen-bond acceptors (Lipinski definition) is 5. The molecule has 2 aliphatic rings. The summed E-state index contributed by atoms with van der Waals surface area (Å²) in [4.78, 5) is 48.5. The number of amides is 3. The topological polar surface area (TPSA) is 106 Å². The van der Waals surface area contributed by atoms with Crippen LogP contribution < -0.4 is 15.1 Å². The van der Waals surface area contributed by atoms with Gasteiger partial charge in [0.05, 0.1) is 11.6 Å². The lowest BCUT2D eigenvalue weighted by molar-refractivity contribution is -0.128. The van der Waals surface area contributed by atoms with Gasteiger partial charge < -0.3 is 5.32 Å². The van der Waals surface area contributed by atoms with Gasteiger partial charge >= 0.3 is 0 Å². The molecule has 1 saturated heterocycles. The molecule has 5 rings (SSSR count). The highest BCUT2D eigenvalue weighted by Crippen LogP contribution is 2.40. The van der Waals surface area contributed by atoms with Gasteiger partial charge in [0.15, 0.2) is 0 Å². The number of nitrogens with zero attached hydrogens (tertiary/aromatic N) is 4. The smallest absolute Gasteiger partial charge is 0.250 e. The SMILES string of the molecule is CC1(C)CC(NC(=O)C(CCc2ccccc2)N(C(=O)[C@@H]2CCC(=O)N2c2cc(C#N)ccn2)c2cccc(F)c2)C1. The second kappa shape index (κ2) is 12.1. The summed E-state index contributed by atoms with van der Waals surface area (Å²) in [6.45, 7) is 4.29. The van der Waals surface area contributed by atoms with Crippen molar-refractivity contribution in [2.45, 2.75) is 70.5 Å². The molecule has 9 heteroatoms. The van der Waals surface area contributed by atoms with E-state index in [1.165, 1.54) is 46.3 Å². The Morgan fingerprint density at radius 1 is 1.14 bits per heavy atom. The van der Waals surface area contributed by atoms with Crippen molar-refractivity contribution in [1.82, 2.24) is 10.3 Å². The second-order valence-corrected chi connectivity index (χ2v) is 11.8. The standard InChI is InChI=1S/C33H34FN5O3/c1-33(2)19-25(20-33)37-31(41)27(12-11-22-7-4-3-5-8-22)38(26-10-6-9-24(34)18-26)32(42)28-13-14-30(40)39(28)29-17-23(21-35)15-16-36-29/h3-10,15-18,25,27-28H,11-14,19-20H2,1-2H3,(H,37,41)/t27?,28-/m0/s1. The highest BCUT2D eigenvalue weighted by molar-refractivity contribution is 6.10. The molecule has 216 valence electrons. The molecule has 42 heavy (non-hydrogen) atoms. The summed E-state index contributed by atoms with van der Waals surface area (Å²) < 4.78 is 14.6. The third-order valence-corrected chi connectivity index (χ3v) is 8.05. The molecule has 3 amide bonds. The van der Waals surface area contributed by atoms with Crippen molar-refractivity contribution < 1.29 is 18.8 Å². The van der Waals surface area contributed by atoms with Crippen LogP contribution in [0.2, 0.25) is 0 Å². The molecule has 2 aromatic carbocycles. The van der Waals surface area contributed by atoms with Crippen LogP contribution in [0.1, 0.15) is 57.1 Å². The van der Waals surface area contributed by atoms with Gasteiger partial charge in [0.2, 0.25) is 11.8 Å². The monoisotopic (exact) mass is 567 g/mol. The van der Waals surface area contributed by atoms with Crippen molar-refractivity contribution in [2.75, 3.05) is 9.80 Å². The molecule has 1 N–H and O–H groups in total. The highest BCUT2D eigenvalue weighted by Gasteiger charge is 2.44. The Labute approximate surface area is 245 Å². The van der Waals surface area contributed by atoms with Gasteiger partial charge in [0.1, 0.15) is 23.7 Å². The Morgan fingerprint density at radius 2 is 1.90 bits per heavy atom. The number of anilines is 2. The normalized spacial score (nSPS) is 18.6. The first-order valence-electron chi connectivity index (χ1n) is 14.3. The summed E-state index contributed by atoms with van der Waals surface area (Å²) in [5, 5.41) is 12.5. The van der Waals surface area contributed by atoms with Crippen LogP contribution >= 0.6 is 0 Å². The first-order valence-corrected chi connectivity index (χ1v) is 14.3. The number of rotatable bonds is 9. The fourth-order valence-corrected chi connectivity index (χ4v) is 6.07. The van der Waals surface area contributed by atoms with Crippen LogP contribution in [0.4, 0.5) is 15.9 Å². The second-order valence-electron chi connectivity index (χ2n) is 11.8. The molecular formula is C33H34FN5O3. The van der Waals surface area contributed by atoms with Crippen LogP contribution in [-0.2, 0) is 20.8 Å². The lowest BCUT2D eigenvalue weighted by Crippen LogP contribution is -2.58. The van der Waals surface area contributed by atoms with Gasteiger partial charge in [-0.2, -0.15) is 5.26 Å². The minimum absolute atomic E-state index is 0.0151. The van der Waals surface area contributed by atoms with E-state index in [1.807, 2.05) is 36.4 Å². The Balaban J connectivity index is 1.52. The van der Waals surface area contributed by atoms with Crippen molar-refractivity contribution >= 4 is 29.2 Å². The Morgan fingerprint density at radius 3 is 2.60 bits per heavy atom. The summed E-state index contributed by atoms with van der Waals surface area (Å²) in [5.74, 6) is -1.48. The third kappa shape index (κ3) is 6.33. The highest BCUT2D eigenvalue weighted by atomic mass is 19.1. The van der Waals surface area contributed by atoms with E-state index in [0.29, 0.717) is 12.0 Å². The number of carbonyl (C=O) groups excluding carboxylic acids is 3. The number of nitriles is 1. The van der Waals surface area contributed by atoms with Gasteiger partial charge in [0.25, 0.3) is 5.91 Å². The molecule has 2 fully saturated rings. The van der Waals surface area contributed by atoms with E-state index < -0.39 is 23.8 Å². The Kier molecular flexibility index (Phi) is 8.34. The van der Waals surface area contributed by atoms with Crippen LogP contribution in [-0.4, -0.2) is 40.8 Å². The van der Waals surface area contributed by atoms with Gasteiger partial charge in [-0.15, -0.1) is 0 Å². The fourth-order valence-electron chi connectivity index (χ4n) is 6.07. The first-order chi connectivity index (χ1) is 20.1. The molecule has 1 unspecified atom stereocenters. The minimum atomic E-state index is -0.975. The minimum Gasteiger partial charge on any atom is -0.352 e. The maximum atomic E-state index is 14.6. The lowest BCUT2D eigenvalue weighted by atomic mass is 9.68. The van der Waals surface area contributed by atoms with Gasteiger partial charge in [0, 0.05) is 24.3 Å². The lowest BCUT2D eigenvalue weighted by Gasteiger charge is -2.44. The van der Waals surface area contributed by atoms with Gasteiger partial charge in [-0.1, -0.05) is 50.2 Å². The van der Waals surface area contributed by atoms with Crippen molar-refractivity contribution in [3.8, 4) is 6.07 Å². The van der Waals surface area contributed by atoms with Crippen molar-refractivity contribution in [3.63, 3.8) is 0 Å². The maximum absolute atomic E-state index is 14.6. The Hall–Kier alpha value is -4.58. The maximum Gasteiger partial charge on any atom is 0.250 e. The summed E-state index contributed by atoms with van der Waals surface area (Å²) in [7, 11) is 0. The summed E-state index contributed by atoms with van der Waals surface area (Å²) in [6.07, 6.45) is 4.16. The molecule has 8 nitrogen and oxygen atoms in total. The number of aromatic nitrogens is 1. The van der Waals surface area contributed by atoms with E-state index in [-0.39, 0.29) is 54.0 Å². The third-order valence-electron chi connectivity index (χ3n) is 8.05. The van der Waals surface area contributed by atoms with E-state index in [1.54, 1.807) is 6.07 Å². The predicted molar refractivity (Wildman–Crippen MR) is 157 cm³/mol. The number of halogens is 1. The number of pyridine rings is 1. The summed E-state index contributed by atoms with van der Waals surface area (Å²) in [6, 6.07) is 18.4. The average molecular weight is 568 g/mol. The molecule has 0 spiro atoms. The molecule has 3 aromatic rings. The van der Waals surface area contributed by atoms with Crippen LogP contribution in [0.3, 0.4) is 0 Å². The molecule has 2 heterocycles. The number of nitrogens with one attached hydrogen (secondary N) is 1. The van der Waals surface area contributed by atoms with Crippen molar-refractivity contribution in [2.24, 2.45) is 5.41 Å². The largest absolute Gasteiger partial charge is 0.352 e.